The van der Waals surface area contributed by atoms with Gasteiger partial charge in [0.2, 0.25) is 0 Å². The minimum absolute atomic E-state index is 0.0156. The highest BCUT2D eigenvalue weighted by Gasteiger charge is 2.35. The maximum absolute atomic E-state index is 12.9. The number of nitriles is 2. The number of halogens is 6. The topological polar surface area (TPSA) is 89.1 Å². The summed E-state index contributed by atoms with van der Waals surface area (Å²) in [4.78, 5) is 0. The molecule has 2 rings (SSSR count). The number of hydrogen-bond donors (Lipinski definition) is 2. The highest BCUT2D eigenvalue weighted by molar-refractivity contribution is 5.53. The van der Waals surface area contributed by atoms with Crippen molar-refractivity contribution in [3.05, 3.63) is 58.7 Å². The molecule has 0 aliphatic rings. The third kappa shape index (κ3) is 5.78. The predicted octanol–water partition coefficient (Wildman–Crippen LogP) is 4.32. The van der Waals surface area contributed by atoms with Gasteiger partial charge in [0.1, 0.15) is 18.5 Å². The Morgan fingerprint density at radius 2 is 1.43 bits per heavy atom. The fourth-order valence-corrected chi connectivity index (χ4v) is 2.42. The number of nitrogens with one attached hydrogen (secondary N) is 1. The molecule has 2 aromatic carbocycles. The fourth-order valence-electron chi connectivity index (χ4n) is 2.42. The second kappa shape index (κ2) is 8.93. The Hall–Kier alpha value is -3.44. The van der Waals surface area contributed by atoms with E-state index in [4.69, 9.17) is 15.3 Å². The molecule has 0 saturated heterocycles. The van der Waals surface area contributed by atoms with Crippen molar-refractivity contribution in [3.63, 3.8) is 0 Å². The molecule has 0 saturated carbocycles. The summed E-state index contributed by atoms with van der Waals surface area (Å²) in [5, 5.41) is 29.9. The zero-order chi connectivity index (χ0) is 22.5. The number of benzene rings is 2. The van der Waals surface area contributed by atoms with Gasteiger partial charge in [0.25, 0.3) is 0 Å². The predicted molar refractivity (Wildman–Crippen MR) is 92.3 cm³/mol. The van der Waals surface area contributed by atoms with Crippen LogP contribution in [0.2, 0.25) is 0 Å². The molecular formula is C19H13F6N3O2. The van der Waals surface area contributed by atoms with Crippen molar-refractivity contribution in [1.29, 1.82) is 10.5 Å². The van der Waals surface area contributed by atoms with Crippen molar-refractivity contribution in [3.8, 4) is 17.9 Å². The van der Waals surface area contributed by atoms with Crippen molar-refractivity contribution in [1.82, 2.24) is 0 Å². The molecule has 158 valence electrons. The Morgan fingerprint density at radius 1 is 0.900 bits per heavy atom. The van der Waals surface area contributed by atoms with Crippen LogP contribution in [0.3, 0.4) is 0 Å². The molecular weight excluding hydrogens is 416 g/mol. The van der Waals surface area contributed by atoms with Gasteiger partial charge < -0.3 is 15.2 Å². The second-order valence-corrected chi connectivity index (χ2v) is 6.03. The number of alkyl halides is 6. The van der Waals surface area contributed by atoms with E-state index >= 15 is 0 Å². The van der Waals surface area contributed by atoms with E-state index in [1.807, 2.05) is 0 Å². The number of rotatable bonds is 6. The van der Waals surface area contributed by atoms with Gasteiger partial charge >= 0.3 is 12.4 Å². The average Bonchev–Trinajstić information content (AvgIpc) is 2.68. The van der Waals surface area contributed by atoms with Crippen LogP contribution in [0.4, 0.5) is 32.0 Å². The first-order valence-corrected chi connectivity index (χ1v) is 8.23. The van der Waals surface area contributed by atoms with E-state index in [0.29, 0.717) is 12.1 Å². The third-order valence-corrected chi connectivity index (χ3v) is 3.85. The molecule has 0 unspecified atom stereocenters. The lowest BCUT2D eigenvalue weighted by atomic mass is 10.1. The SMILES string of the molecule is N#Cc1ccc(NC[C@@H](O)COc2ccc(C#N)c(C(F)(F)F)c2)cc1C(F)(F)F. The van der Waals surface area contributed by atoms with Crippen molar-refractivity contribution in [2.24, 2.45) is 0 Å². The summed E-state index contributed by atoms with van der Waals surface area (Å²) in [5.74, 6) is -0.238. The van der Waals surface area contributed by atoms with E-state index in [-0.39, 0.29) is 18.0 Å². The largest absolute Gasteiger partial charge is 0.491 e. The first-order valence-electron chi connectivity index (χ1n) is 8.23. The van der Waals surface area contributed by atoms with E-state index in [1.165, 1.54) is 18.2 Å². The van der Waals surface area contributed by atoms with Gasteiger partial charge in [0.05, 0.1) is 34.4 Å². The Kier molecular flexibility index (Phi) is 6.80. The number of aliphatic hydroxyl groups is 1. The van der Waals surface area contributed by atoms with Gasteiger partial charge in [0, 0.05) is 12.2 Å². The molecule has 0 aliphatic heterocycles. The number of nitrogens with zero attached hydrogens (tertiary/aromatic N) is 2. The lowest BCUT2D eigenvalue weighted by Gasteiger charge is -2.16. The summed E-state index contributed by atoms with van der Waals surface area (Å²) in [7, 11) is 0. The lowest BCUT2D eigenvalue weighted by Crippen LogP contribution is -2.26. The number of anilines is 1. The Morgan fingerprint density at radius 3 is 1.97 bits per heavy atom. The molecule has 30 heavy (non-hydrogen) atoms. The molecule has 5 nitrogen and oxygen atoms in total. The average molecular weight is 429 g/mol. The van der Waals surface area contributed by atoms with Crippen LogP contribution in [0.25, 0.3) is 0 Å². The van der Waals surface area contributed by atoms with E-state index in [1.54, 1.807) is 0 Å². The maximum atomic E-state index is 12.9. The number of ether oxygens (including phenoxy) is 1. The Bertz CT molecular complexity index is 910. The number of aliphatic hydroxyl groups excluding tert-OH is 1. The highest BCUT2D eigenvalue weighted by atomic mass is 19.4. The molecule has 2 N–H and O–H groups in total. The van der Waals surface area contributed by atoms with Gasteiger partial charge in [-0.05, 0) is 36.4 Å². The molecule has 0 aliphatic carbocycles. The molecule has 11 heteroatoms. The van der Waals surface area contributed by atoms with Gasteiger partial charge in [-0.3, -0.25) is 0 Å². The standard InChI is InChI=1S/C19H13F6N3O2/c20-18(21,22)16-5-13(3-1-11(16)7-26)28-9-14(29)10-30-15-4-2-12(8-27)17(6-15)19(23,24)25/h1-6,14,28-29H,9-10H2/t14-/m1/s1. The van der Waals surface area contributed by atoms with Gasteiger partial charge in [-0.1, -0.05) is 0 Å². The fraction of sp³-hybridized carbons (Fsp3) is 0.263. The van der Waals surface area contributed by atoms with Crippen LogP contribution >= 0.6 is 0 Å². The smallest absolute Gasteiger partial charge is 0.417 e. The summed E-state index contributed by atoms with van der Waals surface area (Å²) in [6.45, 7) is -0.732. The van der Waals surface area contributed by atoms with Crippen molar-refractivity contribution in [2.75, 3.05) is 18.5 Å². The minimum Gasteiger partial charge on any atom is -0.491 e. The van der Waals surface area contributed by atoms with E-state index in [0.717, 1.165) is 18.2 Å². The van der Waals surface area contributed by atoms with Crippen LogP contribution < -0.4 is 10.1 Å². The molecule has 0 spiro atoms. The summed E-state index contributed by atoms with van der Waals surface area (Å²) in [6.07, 6.45) is -10.8. The Balaban J connectivity index is 2.01. The Labute approximate surface area is 166 Å². The molecule has 0 fully saturated rings. The second-order valence-electron chi connectivity index (χ2n) is 6.03. The van der Waals surface area contributed by atoms with Crippen LogP contribution in [0.15, 0.2) is 36.4 Å². The molecule has 0 radical (unpaired) electrons. The van der Waals surface area contributed by atoms with Crippen LogP contribution in [0.1, 0.15) is 22.3 Å². The van der Waals surface area contributed by atoms with E-state index in [2.05, 4.69) is 5.32 Å². The van der Waals surface area contributed by atoms with Crippen molar-refractivity contribution in [2.45, 2.75) is 18.5 Å². The summed E-state index contributed by atoms with van der Waals surface area (Å²) < 4.78 is 82.7. The molecule has 0 heterocycles. The molecule has 0 bridgehead atoms. The van der Waals surface area contributed by atoms with Crippen molar-refractivity contribution < 1.29 is 36.2 Å². The summed E-state index contributed by atoms with van der Waals surface area (Å²) in [6, 6.07) is 8.44. The van der Waals surface area contributed by atoms with Crippen molar-refractivity contribution >= 4 is 5.69 Å². The first-order chi connectivity index (χ1) is 14.0. The van der Waals surface area contributed by atoms with Gasteiger partial charge in [-0.25, -0.2) is 0 Å². The normalized spacial score (nSPS) is 12.6. The monoisotopic (exact) mass is 429 g/mol. The maximum Gasteiger partial charge on any atom is 0.417 e. The quantitative estimate of drug-likeness (QED) is 0.668. The lowest BCUT2D eigenvalue weighted by molar-refractivity contribution is -0.138. The zero-order valence-corrected chi connectivity index (χ0v) is 15.0. The zero-order valence-electron chi connectivity index (χ0n) is 15.0. The van der Waals surface area contributed by atoms with Gasteiger partial charge in [-0.15, -0.1) is 0 Å². The highest BCUT2D eigenvalue weighted by Crippen LogP contribution is 2.35. The first kappa shape index (κ1) is 22.8. The summed E-state index contributed by atoms with van der Waals surface area (Å²) >= 11 is 0. The molecule has 1 atom stereocenters. The van der Waals surface area contributed by atoms with Gasteiger partial charge in [0.15, 0.2) is 0 Å². The third-order valence-electron chi connectivity index (χ3n) is 3.85. The van der Waals surface area contributed by atoms with Crippen LogP contribution in [0, 0.1) is 22.7 Å². The van der Waals surface area contributed by atoms with Crippen LogP contribution in [-0.2, 0) is 12.4 Å². The molecule has 2 aromatic rings. The van der Waals surface area contributed by atoms with Crippen LogP contribution in [0.5, 0.6) is 5.75 Å². The number of hydrogen-bond acceptors (Lipinski definition) is 5. The minimum atomic E-state index is -4.77. The summed E-state index contributed by atoms with van der Waals surface area (Å²) in [5.41, 5.74) is -3.49. The van der Waals surface area contributed by atoms with E-state index < -0.39 is 47.3 Å². The van der Waals surface area contributed by atoms with E-state index in [9.17, 15) is 31.4 Å². The molecule has 0 aromatic heterocycles. The van der Waals surface area contributed by atoms with Crippen LogP contribution in [-0.4, -0.2) is 24.4 Å². The molecule has 0 amide bonds. The van der Waals surface area contributed by atoms with Gasteiger partial charge in [-0.2, -0.15) is 36.9 Å².